The van der Waals surface area contributed by atoms with E-state index in [4.69, 9.17) is 0 Å². The average Bonchev–Trinajstić information content (AvgIpc) is 3.13. The lowest BCUT2D eigenvalue weighted by atomic mass is 10.0. The molecule has 2 aliphatic heterocycles. The first kappa shape index (κ1) is 17.2. The number of anilines is 2. The summed E-state index contributed by atoms with van der Waals surface area (Å²) in [6.45, 7) is 5.00. The topological polar surface area (TPSA) is 48.5 Å². The van der Waals surface area contributed by atoms with E-state index in [2.05, 4.69) is 62.6 Å². The van der Waals surface area contributed by atoms with Gasteiger partial charge in [0.05, 0.1) is 12.1 Å². The molecule has 142 valence electrons. The average molecular weight is 372 g/mol. The molecular formula is C23H24N4O. The molecule has 1 saturated heterocycles. The van der Waals surface area contributed by atoms with Crippen LogP contribution in [0.3, 0.4) is 0 Å². The van der Waals surface area contributed by atoms with Gasteiger partial charge in [-0.15, -0.1) is 0 Å². The fraction of sp³-hybridized carbons (Fsp3) is 0.304. The molecule has 0 atom stereocenters. The molecule has 1 fully saturated rings. The Morgan fingerprint density at radius 3 is 2.64 bits per heavy atom. The molecule has 0 bridgehead atoms. The molecule has 5 nitrogen and oxygen atoms in total. The van der Waals surface area contributed by atoms with E-state index < -0.39 is 0 Å². The SMILES string of the molecule is O=C1Cc2ccnc(N3CCN(CCc4ccc5ccccc5c4)CC3)c2N1. The maximum atomic E-state index is 11.7. The molecule has 1 aromatic heterocycles. The van der Waals surface area contributed by atoms with Crippen LogP contribution in [0.1, 0.15) is 11.1 Å². The normalized spacial score (nSPS) is 17.0. The van der Waals surface area contributed by atoms with Crippen LogP contribution in [0.4, 0.5) is 11.5 Å². The van der Waals surface area contributed by atoms with Gasteiger partial charge >= 0.3 is 0 Å². The van der Waals surface area contributed by atoms with Crippen LogP contribution >= 0.6 is 0 Å². The number of hydrogen-bond acceptors (Lipinski definition) is 4. The Labute approximate surface area is 165 Å². The highest BCUT2D eigenvalue weighted by molar-refractivity contribution is 6.02. The van der Waals surface area contributed by atoms with Crippen molar-refractivity contribution in [1.29, 1.82) is 0 Å². The quantitative estimate of drug-likeness (QED) is 0.765. The predicted molar refractivity (Wildman–Crippen MR) is 113 cm³/mol. The molecular weight excluding hydrogens is 348 g/mol. The summed E-state index contributed by atoms with van der Waals surface area (Å²) in [5, 5.41) is 5.60. The van der Waals surface area contributed by atoms with Gasteiger partial charge in [-0.05, 0) is 34.4 Å². The molecule has 5 heteroatoms. The Kier molecular flexibility index (Phi) is 4.45. The van der Waals surface area contributed by atoms with Gasteiger partial charge in [-0.1, -0.05) is 42.5 Å². The molecule has 5 rings (SSSR count). The maximum Gasteiger partial charge on any atom is 0.228 e. The number of amides is 1. The molecule has 28 heavy (non-hydrogen) atoms. The van der Waals surface area contributed by atoms with E-state index in [0.29, 0.717) is 6.42 Å². The van der Waals surface area contributed by atoms with Crippen molar-refractivity contribution >= 4 is 28.2 Å². The number of nitrogens with zero attached hydrogens (tertiary/aromatic N) is 3. The number of rotatable bonds is 4. The molecule has 0 saturated carbocycles. The highest BCUT2D eigenvalue weighted by atomic mass is 16.1. The van der Waals surface area contributed by atoms with Crippen LogP contribution in [0, 0.1) is 0 Å². The number of benzene rings is 2. The maximum absolute atomic E-state index is 11.7. The predicted octanol–water partition coefficient (Wildman–Crippen LogP) is 3.09. The van der Waals surface area contributed by atoms with Gasteiger partial charge in [0.1, 0.15) is 0 Å². The van der Waals surface area contributed by atoms with Gasteiger partial charge in [0, 0.05) is 38.9 Å². The summed E-state index contributed by atoms with van der Waals surface area (Å²) in [7, 11) is 0. The van der Waals surface area contributed by atoms with Crippen molar-refractivity contribution in [2.24, 2.45) is 0 Å². The molecule has 2 aliphatic rings. The summed E-state index contributed by atoms with van der Waals surface area (Å²) >= 11 is 0. The second-order valence-electron chi connectivity index (χ2n) is 7.65. The van der Waals surface area contributed by atoms with Gasteiger partial charge in [0.25, 0.3) is 0 Å². The minimum absolute atomic E-state index is 0.0678. The number of hydrogen-bond donors (Lipinski definition) is 1. The lowest BCUT2D eigenvalue weighted by molar-refractivity contribution is -0.115. The summed E-state index contributed by atoms with van der Waals surface area (Å²) in [5.41, 5.74) is 3.37. The number of aromatic nitrogens is 1. The molecule has 0 aliphatic carbocycles. The number of nitrogens with one attached hydrogen (secondary N) is 1. The van der Waals surface area contributed by atoms with Crippen molar-refractivity contribution in [3.8, 4) is 0 Å². The highest BCUT2D eigenvalue weighted by Crippen LogP contribution is 2.32. The Balaban J connectivity index is 1.20. The third-order valence-corrected chi connectivity index (χ3v) is 5.84. The van der Waals surface area contributed by atoms with Crippen molar-refractivity contribution in [3.63, 3.8) is 0 Å². The summed E-state index contributed by atoms with van der Waals surface area (Å²) in [5.74, 6) is 0.996. The number of fused-ring (bicyclic) bond motifs is 2. The lowest BCUT2D eigenvalue weighted by Crippen LogP contribution is -2.47. The Bertz CT molecular complexity index is 1020. The van der Waals surface area contributed by atoms with Crippen LogP contribution in [0.2, 0.25) is 0 Å². The van der Waals surface area contributed by atoms with Crippen molar-refractivity contribution in [1.82, 2.24) is 9.88 Å². The second-order valence-corrected chi connectivity index (χ2v) is 7.65. The fourth-order valence-corrected chi connectivity index (χ4v) is 4.23. The van der Waals surface area contributed by atoms with Crippen molar-refractivity contribution in [2.75, 3.05) is 42.9 Å². The fourth-order valence-electron chi connectivity index (χ4n) is 4.23. The Morgan fingerprint density at radius 1 is 0.964 bits per heavy atom. The third-order valence-electron chi connectivity index (χ3n) is 5.84. The summed E-state index contributed by atoms with van der Waals surface area (Å²) in [6.07, 6.45) is 3.36. The van der Waals surface area contributed by atoms with Gasteiger partial charge in [0.15, 0.2) is 5.82 Å². The molecule has 0 radical (unpaired) electrons. The van der Waals surface area contributed by atoms with Gasteiger partial charge in [-0.3, -0.25) is 9.69 Å². The van der Waals surface area contributed by atoms with E-state index in [0.717, 1.165) is 56.2 Å². The van der Waals surface area contributed by atoms with Crippen LogP contribution in [-0.2, 0) is 17.6 Å². The monoisotopic (exact) mass is 372 g/mol. The summed E-state index contributed by atoms with van der Waals surface area (Å²) in [4.78, 5) is 21.1. The zero-order chi connectivity index (χ0) is 18.9. The first-order valence-corrected chi connectivity index (χ1v) is 9.99. The Morgan fingerprint density at radius 2 is 1.79 bits per heavy atom. The van der Waals surface area contributed by atoms with Crippen molar-refractivity contribution < 1.29 is 4.79 Å². The van der Waals surface area contributed by atoms with Gasteiger partial charge < -0.3 is 10.2 Å². The van der Waals surface area contributed by atoms with Crippen LogP contribution in [-0.4, -0.2) is 48.5 Å². The van der Waals surface area contributed by atoms with Crippen molar-refractivity contribution in [3.05, 3.63) is 65.9 Å². The number of carbonyl (C=O) groups is 1. The minimum atomic E-state index is 0.0678. The van der Waals surface area contributed by atoms with E-state index in [1.165, 1.54) is 16.3 Å². The minimum Gasteiger partial charge on any atom is -0.352 e. The molecule has 0 unspecified atom stereocenters. The van der Waals surface area contributed by atoms with Crippen LogP contribution in [0.5, 0.6) is 0 Å². The standard InChI is InChI=1S/C23H24N4O/c28-21-16-20-7-9-24-23(22(20)25-21)27-13-11-26(12-14-27)10-8-17-5-6-18-3-1-2-4-19(18)15-17/h1-7,9,15H,8,10-14,16H2,(H,25,28). The summed E-state index contributed by atoms with van der Waals surface area (Å²) in [6, 6.07) is 17.3. The smallest absolute Gasteiger partial charge is 0.228 e. The van der Waals surface area contributed by atoms with E-state index >= 15 is 0 Å². The van der Waals surface area contributed by atoms with Gasteiger partial charge in [0.2, 0.25) is 5.91 Å². The summed E-state index contributed by atoms with van der Waals surface area (Å²) < 4.78 is 0. The molecule has 1 amide bonds. The highest BCUT2D eigenvalue weighted by Gasteiger charge is 2.26. The van der Waals surface area contributed by atoms with E-state index in [1.807, 2.05) is 12.3 Å². The van der Waals surface area contributed by atoms with Crippen LogP contribution in [0.25, 0.3) is 10.8 Å². The number of pyridine rings is 1. The largest absolute Gasteiger partial charge is 0.352 e. The van der Waals surface area contributed by atoms with Crippen molar-refractivity contribution in [2.45, 2.75) is 12.8 Å². The van der Waals surface area contributed by atoms with Gasteiger partial charge in [-0.25, -0.2) is 4.98 Å². The molecule has 3 heterocycles. The lowest BCUT2D eigenvalue weighted by Gasteiger charge is -2.36. The van der Waals surface area contributed by atoms with Crippen LogP contribution < -0.4 is 10.2 Å². The zero-order valence-corrected chi connectivity index (χ0v) is 15.9. The first-order valence-electron chi connectivity index (χ1n) is 9.99. The third kappa shape index (κ3) is 3.34. The number of carbonyl (C=O) groups excluding carboxylic acids is 1. The molecule has 1 N–H and O–H groups in total. The first-order chi connectivity index (χ1) is 13.8. The second kappa shape index (κ2) is 7.24. The molecule has 2 aromatic carbocycles. The molecule has 3 aromatic rings. The Hall–Kier alpha value is -2.92. The van der Waals surface area contributed by atoms with E-state index in [1.54, 1.807) is 0 Å². The molecule has 0 spiro atoms. The van der Waals surface area contributed by atoms with Crippen LogP contribution in [0.15, 0.2) is 54.7 Å². The zero-order valence-electron chi connectivity index (χ0n) is 15.9. The number of piperazine rings is 1. The van der Waals surface area contributed by atoms with E-state index in [9.17, 15) is 4.79 Å². The van der Waals surface area contributed by atoms with Gasteiger partial charge in [-0.2, -0.15) is 0 Å². The van der Waals surface area contributed by atoms with E-state index in [-0.39, 0.29) is 5.91 Å².